The molecule has 0 fully saturated rings. The fourth-order valence-electron chi connectivity index (χ4n) is 1.48. The van der Waals surface area contributed by atoms with Crippen LogP contribution in [-0.4, -0.2) is 33.6 Å². The Kier molecular flexibility index (Phi) is 5.18. The second kappa shape index (κ2) is 6.42. The van der Waals surface area contributed by atoms with Gasteiger partial charge in [0.05, 0.1) is 0 Å². The summed E-state index contributed by atoms with van der Waals surface area (Å²) >= 11 is 3.10. The van der Waals surface area contributed by atoms with Gasteiger partial charge in [0, 0.05) is 28.4 Å². The van der Waals surface area contributed by atoms with Gasteiger partial charge in [-0.25, -0.2) is 4.79 Å². The van der Waals surface area contributed by atoms with Crippen molar-refractivity contribution < 1.29 is 24.6 Å². The molecule has 18 heavy (non-hydrogen) atoms. The van der Waals surface area contributed by atoms with Crippen molar-refractivity contribution in [1.82, 2.24) is 0 Å². The van der Waals surface area contributed by atoms with Crippen LogP contribution in [0.15, 0.2) is 18.2 Å². The lowest BCUT2D eigenvalue weighted by Gasteiger charge is -2.11. The molecule has 0 saturated heterocycles. The van der Waals surface area contributed by atoms with Crippen LogP contribution in [0.5, 0.6) is 0 Å². The van der Waals surface area contributed by atoms with E-state index in [4.69, 9.17) is 5.11 Å². The minimum absolute atomic E-state index is 0.000880. The molecular weight excluding hydrogens is 304 g/mol. The molecule has 0 radical (unpaired) electrons. The molecule has 0 aromatic heterocycles. The van der Waals surface area contributed by atoms with Gasteiger partial charge in [-0.05, 0) is 6.07 Å². The number of halogens is 1. The molecule has 6 heteroatoms. The average Bonchev–Trinajstić information content (AvgIpc) is 2.37. The van der Waals surface area contributed by atoms with Crippen molar-refractivity contribution in [2.75, 3.05) is 5.33 Å². The molecule has 1 aromatic carbocycles. The summed E-state index contributed by atoms with van der Waals surface area (Å²) in [4.78, 5) is 33.2. The minimum Gasteiger partial charge on any atom is -0.479 e. The first kappa shape index (κ1) is 14.5. The maximum Gasteiger partial charge on any atom is 0.337 e. The topological polar surface area (TPSA) is 91.7 Å². The molecule has 1 atom stereocenters. The number of aliphatic carboxylic acids is 1. The summed E-state index contributed by atoms with van der Waals surface area (Å²) in [6.07, 6.45) is -1.07. The van der Waals surface area contributed by atoms with Gasteiger partial charge in [0.15, 0.2) is 11.9 Å². The first-order valence-electron chi connectivity index (χ1n) is 5.10. The highest BCUT2D eigenvalue weighted by atomic mass is 79.9. The highest BCUT2D eigenvalue weighted by Crippen LogP contribution is 2.21. The van der Waals surface area contributed by atoms with Crippen LogP contribution < -0.4 is 0 Å². The Balaban J connectivity index is 3.28. The van der Waals surface area contributed by atoms with Crippen molar-refractivity contribution in [3.8, 4) is 0 Å². The Labute approximate surface area is 112 Å². The maximum absolute atomic E-state index is 11.8. The van der Waals surface area contributed by atoms with Crippen LogP contribution in [0.25, 0.3) is 0 Å². The fraction of sp³-hybridized carbons (Fsp3) is 0.250. The third kappa shape index (κ3) is 3.24. The zero-order valence-corrected chi connectivity index (χ0v) is 10.9. The summed E-state index contributed by atoms with van der Waals surface area (Å²) in [5.41, 5.74) is 0.322. The van der Waals surface area contributed by atoms with Crippen molar-refractivity contribution in [2.24, 2.45) is 0 Å². The number of aldehydes is 1. The highest BCUT2D eigenvalue weighted by molar-refractivity contribution is 9.09. The quantitative estimate of drug-likeness (QED) is 0.472. The number of benzene rings is 1. The largest absolute Gasteiger partial charge is 0.479 e. The summed E-state index contributed by atoms with van der Waals surface area (Å²) in [6, 6.07) is 3.93. The van der Waals surface area contributed by atoms with Crippen LogP contribution in [-0.2, 0) is 4.79 Å². The number of carboxylic acid groups (broad SMARTS) is 1. The Morgan fingerprint density at radius 2 is 2.06 bits per heavy atom. The molecular formula is C12H11BrO5. The van der Waals surface area contributed by atoms with Crippen LogP contribution in [0, 0.1) is 0 Å². The lowest BCUT2D eigenvalue weighted by atomic mass is 9.96. The van der Waals surface area contributed by atoms with E-state index in [1.165, 1.54) is 18.2 Å². The van der Waals surface area contributed by atoms with E-state index in [2.05, 4.69) is 15.9 Å². The first-order valence-corrected chi connectivity index (χ1v) is 6.22. The molecule has 96 valence electrons. The van der Waals surface area contributed by atoms with Gasteiger partial charge < -0.3 is 10.2 Å². The molecule has 0 heterocycles. The Bertz CT molecular complexity index is 483. The number of aliphatic hydroxyl groups is 1. The number of hydrogen-bond acceptors (Lipinski definition) is 4. The van der Waals surface area contributed by atoms with Crippen LogP contribution >= 0.6 is 15.9 Å². The van der Waals surface area contributed by atoms with Crippen LogP contribution in [0.1, 0.15) is 38.8 Å². The standard InChI is InChI=1S/C12H11BrO5/c13-4-3-10(15)9-5-7(6-14)1-2-8(9)11(16)12(17)18/h1-2,5-6,11,16H,3-4H2,(H,17,18). The van der Waals surface area contributed by atoms with Gasteiger partial charge in [0.25, 0.3) is 0 Å². The highest BCUT2D eigenvalue weighted by Gasteiger charge is 2.22. The molecule has 0 spiro atoms. The summed E-state index contributed by atoms with van der Waals surface area (Å²) in [7, 11) is 0. The van der Waals surface area contributed by atoms with E-state index in [0.29, 0.717) is 11.6 Å². The predicted molar refractivity (Wildman–Crippen MR) is 67.2 cm³/mol. The minimum atomic E-state index is -1.78. The van der Waals surface area contributed by atoms with Crippen molar-refractivity contribution in [2.45, 2.75) is 12.5 Å². The van der Waals surface area contributed by atoms with Crippen molar-refractivity contribution in [3.05, 3.63) is 34.9 Å². The van der Waals surface area contributed by atoms with Crippen molar-refractivity contribution in [3.63, 3.8) is 0 Å². The lowest BCUT2D eigenvalue weighted by Crippen LogP contribution is -2.15. The average molecular weight is 315 g/mol. The van der Waals surface area contributed by atoms with Gasteiger partial charge in [-0.3, -0.25) is 9.59 Å². The smallest absolute Gasteiger partial charge is 0.337 e. The number of carbonyl (C=O) groups is 3. The third-order valence-electron chi connectivity index (χ3n) is 2.36. The van der Waals surface area contributed by atoms with Gasteiger partial charge >= 0.3 is 5.97 Å². The maximum atomic E-state index is 11.8. The van der Waals surface area contributed by atoms with Crippen molar-refractivity contribution >= 4 is 34.0 Å². The Morgan fingerprint density at radius 3 is 2.56 bits per heavy atom. The number of rotatable bonds is 6. The summed E-state index contributed by atoms with van der Waals surface area (Å²) in [6.45, 7) is 0. The van der Waals surface area contributed by atoms with Crippen LogP contribution in [0.2, 0.25) is 0 Å². The molecule has 0 amide bonds. The van der Waals surface area contributed by atoms with Gasteiger partial charge in [-0.15, -0.1) is 0 Å². The number of alkyl halides is 1. The molecule has 2 N–H and O–H groups in total. The van der Waals surface area contributed by atoms with Gasteiger partial charge in [0.2, 0.25) is 0 Å². The van der Waals surface area contributed by atoms with Crippen LogP contribution in [0.4, 0.5) is 0 Å². The Hall–Kier alpha value is -1.53. The summed E-state index contributed by atoms with van der Waals surface area (Å²) in [5, 5.41) is 18.7. The van der Waals surface area contributed by atoms with Crippen LogP contribution in [0.3, 0.4) is 0 Å². The number of Topliss-reactive ketones (excluding diaryl/α,β-unsaturated/α-hetero) is 1. The normalized spacial score (nSPS) is 11.9. The summed E-state index contributed by atoms with van der Waals surface area (Å²) < 4.78 is 0. The number of carboxylic acids is 1. The Morgan fingerprint density at radius 1 is 1.39 bits per heavy atom. The van der Waals surface area contributed by atoms with Crippen molar-refractivity contribution in [1.29, 1.82) is 0 Å². The molecule has 0 saturated carbocycles. The molecule has 0 aliphatic rings. The molecule has 0 aliphatic carbocycles. The van der Waals surface area contributed by atoms with Gasteiger partial charge in [-0.2, -0.15) is 0 Å². The molecule has 1 rings (SSSR count). The SMILES string of the molecule is O=Cc1ccc(C(O)C(=O)O)c(C(=O)CCBr)c1. The second-order valence-electron chi connectivity index (χ2n) is 3.57. The number of hydrogen-bond donors (Lipinski definition) is 2. The van der Waals surface area contributed by atoms with E-state index < -0.39 is 12.1 Å². The number of ketones is 1. The zero-order valence-electron chi connectivity index (χ0n) is 9.30. The molecule has 0 bridgehead atoms. The third-order valence-corrected chi connectivity index (χ3v) is 2.76. The van der Waals surface area contributed by atoms with E-state index in [1.54, 1.807) is 0 Å². The van der Waals surface area contributed by atoms with E-state index in [1.807, 2.05) is 0 Å². The monoisotopic (exact) mass is 314 g/mol. The molecule has 0 aliphatic heterocycles. The lowest BCUT2D eigenvalue weighted by molar-refractivity contribution is -0.146. The predicted octanol–water partition coefficient (Wildman–Crippen LogP) is 1.58. The number of carbonyl (C=O) groups excluding carboxylic acids is 2. The van der Waals surface area contributed by atoms with Gasteiger partial charge in [0.1, 0.15) is 6.29 Å². The number of aliphatic hydroxyl groups excluding tert-OH is 1. The first-order chi connectivity index (χ1) is 8.51. The molecule has 5 nitrogen and oxygen atoms in total. The van der Waals surface area contributed by atoms with E-state index >= 15 is 0 Å². The molecule has 1 unspecified atom stereocenters. The fourth-order valence-corrected chi connectivity index (χ4v) is 1.84. The van der Waals surface area contributed by atoms with E-state index in [-0.39, 0.29) is 28.9 Å². The summed E-state index contributed by atoms with van der Waals surface area (Å²) in [5.74, 6) is -1.77. The van der Waals surface area contributed by atoms with Gasteiger partial charge in [-0.1, -0.05) is 28.1 Å². The molecule has 1 aromatic rings. The van der Waals surface area contributed by atoms with E-state index in [0.717, 1.165) is 0 Å². The van der Waals surface area contributed by atoms with E-state index in [9.17, 15) is 19.5 Å². The zero-order chi connectivity index (χ0) is 13.7. The second-order valence-corrected chi connectivity index (χ2v) is 4.36.